The molecule has 1 fully saturated rings. The molecule has 2 heterocycles. The number of amides is 2. The van der Waals surface area contributed by atoms with Gasteiger partial charge < -0.3 is 9.80 Å². The van der Waals surface area contributed by atoms with Crippen LogP contribution in [0.3, 0.4) is 0 Å². The third-order valence-electron chi connectivity index (χ3n) is 5.82. The third-order valence-corrected chi connectivity index (χ3v) is 7.22. The van der Waals surface area contributed by atoms with Crippen molar-refractivity contribution in [1.82, 2.24) is 19.4 Å². The summed E-state index contributed by atoms with van der Waals surface area (Å²) in [6.07, 6.45) is 3.07. The molecule has 0 saturated carbocycles. The van der Waals surface area contributed by atoms with Gasteiger partial charge in [0.05, 0.1) is 11.4 Å². The van der Waals surface area contributed by atoms with Crippen molar-refractivity contribution in [1.29, 1.82) is 0 Å². The quantitative estimate of drug-likeness (QED) is 0.648. The number of aliphatic imine (C=N–C) groups is 1. The Bertz CT molecular complexity index is 976. The highest BCUT2D eigenvalue weighted by atomic mass is 32.2. The van der Waals surface area contributed by atoms with Gasteiger partial charge in [-0.3, -0.25) is 24.2 Å². The molecule has 1 aromatic carbocycles. The Balaban J connectivity index is 1.76. The van der Waals surface area contributed by atoms with E-state index in [1.165, 1.54) is 0 Å². The number of benzene rings is 1. The van der Waals surface area contributed by atoms with Gasteiger partial charge in [-0.05, 0) is 25.0 Å². The molecule has 0 spiro atoms. The number of hydrogen-bond acceptors (Lipinski definition) is 6. The van der Waals surface area contributed by atoms with Crippen LogP contribution in [0.2, 0.25) is 0 Å². The maximum absolute atomic E-state index is 13.4. The summed E-state index contributed by atoms with van der Waals surface area (Å²) in [4.78, 5) is 35.7. The summed E-state index contributed by atoms with van der Waals surface area (Å²) in [5.74, 6) is 0.197. The van der Waals surface area contributed by atoms with Crippen LogP contribution in [0.15, 0.2) is 34.2 Å². The molecule has 0 bridgehead atoms. The van der Waals surface area contributed by atoms with E-state index >= 15 is 0 Å². The van der Waals surface area contributed by atoms with Gasteiger partial charge in [-0.25, -0.2) is 8.42 Å². The minimum atomic E-state index is -3.65. The fraction of sp³-hybridized carbons (Fsp3) is 0.591. The van der Waals surface area contributed by atoms with E-state index in [9.17, 15) is 18.0 Å². The number of carbonyl (C=O) groups excluding carboxylic acids is 2. The summed E-state index contributed by atoms with van der Waals surface area (Å²) in [7, 11) is -0.174. The number of likely N-dealkylation sites (N-methyl/N-ethyl adjacent to an activating group) is 1. The van der Waals surface area contributed by atoms with E-state index in [0.717, 1.165) is 25.8 Å². The van der Waals surface area contributed by atoms with Crippen LogP contribution in [0.4, 0.5) is 0 Å². The second-order valence-electron chi connectivity index (χ2n) is 8.48. The highest BCUT2D eigenvalue weighted by Gasteiger charge is 2.33. The maximum atomic E-state index is 13.4. The van der Waals surface area contributed by atoms with Gasteiger partial charge in [-0.2, -0.15) is 0 Å². The highest BCUT2D eigenvalue weighted by molar-refractivity contribution is 7.90. The molecule has 0 radical (unpaired) electrons. The normalized spacial score (nSPS) is 20.3. The van der Waals surface area contributed by atoms with E-state index in [1.54, 1.807) is 48.2 Å². The lowest BCUT2D eigenvalue weighted by Crippen LogP contribution is -2.42. The molecule has 176 valence electrons. The van der Waals surface area contributed by atoms with Gasteiger partial charge in [-0.15, -0.1) is 0 Å². The summed E-state index contributed by atoms with van der Waals surface area (Å²) < 4.78 is 27.4. The number of nitrogens with zero attached hydrogens (tertiary/aromatic N) is 4. The molecule has 1 aromatic rings. The van der Waals surface area contributed by atoms with Crippen molar-refractivity contribution in [3.05, 3.63) is 29.8 Å². The molecule has 2 amide bonds. The number of fused-ring (bicyclic) bond motifs is 1. The first-order valence-electron chi connectivity index (χ1n) is 11.1. The number of nitrogens with one attached hydrogen (secondary N) is 1. The van der Waals surface area contributed by atoms with Crippen LogP contribution in [0.1, 0.15) is 38.2 Å². The summed E-state index contributed by atoms with van der Waals surface area (Å²) in [5, 5.41) is 0. The lowest BCUT2D eigenvalue weighted by Gasteiger charge is -2.25. The van der Waals surface area contributed by atoms with Gasteiger partial charge in [0.1, 0.15) is 11.9 Å². The molecule has 10 heteroatoms. The molecule has 9 nitrogen and oxygen atoms in total. The van der Waals surface area contributed by atoms with Gasteiger partial charge in [0, 0.05) is 45.8 Å². The number of carbonyl (C=O) groups is 2. The number of amidine groups is 1. The van der Waals surface area contributed by atoms with Gasteiger partial charge in [-0.1, -0.05) is 31.9 Å². The predicted octanol–water partition coefficient (Wildman–Crippen LogP) is 0.906. The minimum absolute atomic E-state index is 0.0455. The Kier molecular flexibility index (Phi) is 7.89. The van der Waals surface area contributed by atoms with E-state index < -0.39 is 16.1 Å². The van der Waals surface area contributed by atoms with E-state index in [-0.39, 0.29) is 22.5 Å². The Hall–Kier alpha value is -2.46. The van der Waals surface area contributed by atoms with Crippen LogP contribution >= 0.6 is 0 Å². The lowest BCUT2D eigenvalue weighted by atomic mass is 10.1. The minimum Gasteiger partial charge on any atom is -0.348 e. The fourth-order valence-electron chi connectivity index (χ4n) is 3.92. The first kappa shape index (κ1) is 24.2. The van der Waals surface area contributed by atoms with Crippen molar-refractivity contribution in [2.75, 3.05) is 46.8 Å². The van der Waals surface area contributed by atoms with E-state index in [2.05, 4.69) is 14.6 Å². The van der Waals surface area contributed by atoms with Crippen LogP contribution in [-0.4, -0.2) is 93.6 Å². The molecule has 32 heavy (non-hydrogen) atoms. The zero-order valence-electron chi connectivity index (χ0n) is 19.1. The molecule has 0 aliphatic carbocycles. The predicted molar refractivity (Wildman–Crippen MR) is 123 cm³/mol. The molecule has 1 unspecified atom stereocenters. The second-order valence-corrected chi connectivity index (χ2v) is 10.1. The van der Waals surface area contributed by atoms with Crippen molar-refractivity contribution in [3.8, 4) is 0 Å². The molecule has 3 rings (SSSR count). The number of rotatable bonds is 7. The topological polar surface area (TPSA) is 102 Å². The van der Waals surface area contributed by atoms with Gasteiger partial charge in [0.15, 0.2) is 0 Å². The molecule has 0 aromatic heterocycles. The Morgan fingerprint density at radius 3 is 2.62 bits per heavy atom. The molecule has 1 N–H and O–H groups in total. The highest BCUT2D eigenvalue weighted by Crippen LogP contribution is 2.23. The number of sulfonamides is 1. The maximum Gasteiger partial charge on any atom is 0.263 e. The molecule has 1 saturated heterocycles. The SMILES string of the molecule is CCCCC(N=C1NS(=O)(=O)c2ccccc21)C(=O)N1CCCN(CC(=O)N(C)C)CC1. The van der Waals surface area contributed by atoms with Gasteiger partial charge in [0.25, 0.3) is 10.0 Å². The summed E-state index contributed by atoms with van der Waals surface area (Å²) in [6, 6.07) is 6.04. The third kappa shape index (κ3) is 5.66. The van der Waals surface area contributed by atoms with Crippen LogP contribution in [0, 0.1) is 0 Å². The van der Waals surface area contributed by atoms with Crippen LogP contribution in [-0.2, 0) is 19.6 Å². The number of unbranched alkanes of at least 4 members (excludes halogenated alkanes) is 1. The van der Waals surface area contributed by atoms with Gasteiger partial charge >= 0.3 is 0 Å². The Morgan fingerprint density at radius 1 is 1.16 bits per heavy atom. The molecular weight excluding hydrogens is 430 g/mol. The first-order valence-corrected chi connectivity index (χ1v) is 12.6. The van der Waals surface area contributed by atoms with E-state index in [0.29, 0.717) is 38.2 Å². The average molecular weight is 464 g/mol. The zero-order chi connectivity index (χ0) is 23.3. The largest absolute Gasteiger partial charge is 0.348 e. The van der Waals surface area contributed by atoms with Crippen LogP contribution < -0.4 is 4.72 Å². The summed E-state index contributed by atoms with van der Waals surface area (Å²) >= 11 is 0. The summed E-state index contributed by atoms with van der Waals surface area (Å²) in [5.41, 5.74) is 0.506. The molecule has 1 atom stereocenters. The van der Waals surface area contributed by atoms with Gasteiger partial charge in [0.2, 0.25) is 11.8 Å². The first-order chi connectivity index (χ1) is 15.2. The van der Waals surface area contributed by atoms with Crippen molar-refractivity contribution in [2.24, 2.45) is 4.99 Å². The average Bonchev–Trinajstić information content (AvgIpc) is 2.89. The molecular formula is C22H33N5O4S. The second kappa shape index (κ2) is 10.4. The zero-order valence-corrected chi connectivity index (χ0v) is 19.9. The Morgan fingerprint density at radius 2 is 1.91 bits per heavy atom. The summed E-state index contributed by atoms with van der Waals surface area (Å²) in [6.45, 7) is 4.89. The lowest BCUT2D eigenvalue weighted by molar-refractivity contribution is -0.132. The molecule has 2 aliphatic heterocycles. The van der Waals surface area contributed by atoms with Crippen molar-refractivity contribution < 1.29 is 18.0 Å². The molecule has 2 aliphatic rings. The number of hydrogen-bond donors (Lipinski definition) is 1. The monoisotopic (exact) mass is 463 g/mol. The van der Waals surface area contributed by atoms with E-state index in [4.69, 9.17) is 0 Å². The van der Waals surface area contributed by atoms with Crippen molar-refractivity contribution >= 4 is 27.7 Å². The smallest absolute Gasteiger partial charge is 0.263 e. The Labute approximate surface area is 190 Å². The van der Waals surface area contributed by atoms with Crippen LogP contribution in [0.5, 0.6) is 0 Å². The van der Waals surface area contributed by atoms with Crippen molar-refractivity contribution in [2.45, 2.75) is 43.5 Å². The van der Waals surface area contributed by atoms with E-state index in [1.807, 2.05) is 6.92 Å². The fourth-order valence-corrected chi connectivity index (χ4v) is 5.16. The van der Waals surface area contributed by atoms with Crippen molar-refractivity contribution in [3.63, 3.8) is 0 Å². The standard InChI is InChI=1S/C22H33N5O4S/c1-4-5-10-18(23-21-17-9-6-7-11-19(17)32(30,31)24-21)22(29)27-13-8-12-26(14-15-27)16-20(28)25(2)3/h6-7,9,11,18H,4-5,8,10,12-16H2,1-3H3,(H,23,24). The van der Waals surface area contributed by atoms with Crippen LogP contribution in [0.25, 0.3) is 0 Å².